The number of carbonyl (C=O) groups excluding carboxylic acids is 2. The number of nitro benzene ring substituents is 1. The van der Waals surface area contributed by atoms with Gasteiger partial charge in [-0.15, -0.1) is 0 Å². The number of ether oxygens (including phenoxy) is 1. The van der Waals surface area contributed by atoms with E-state index in [2.05, 4.69) is 9.84 Å². The van der Waals surface area contributed by atoms with Gasteiger partial charge in [0.25, 0.3) is 21.6 Å². The quantitative estimate of drug-likeness (QED) is 0.373. The van der Waals surface area contributed by atoms with Crippen molar-refractivity contribution in [2.75, 3.05) is 13.7 Å². The molecule has 0 saturated carbocycles. The number of sulfonamides is 1. The van der Waals surface area contributed by atoms with Crippen LogP contribution in [0.3, 0.4) is 0 Å². The first kappa shape index (κ1) is 22.3. The molecule has 1 amide bonds. The minimum atomic E-state index is -4.40. The summed E-state index contributed by atoms with van der Waals surface area (Å²) in [6, 6.07) is 2.96. The van der Waals surface area contributed by atoms with Crippen molar-refractivity contribution in [3.63, 3.8) is 0 Å². The summed E-state index contributed by atoms with van der Waals surface area (Å²) in [5.41, 5.74) is -1.26. The normalized spacial score (nSPS) is 11.2. The van der Waals surface area contributed by atoms with E-state index in [1.807, 2.05) is 0 Å². The molecule has 0 spiro atoms. The van der Waals surface area contributed by atoms with Gasteiger partial charge in [-0.1, -0.05) is 11.6 Å². The standard InChI is InChI=1S/C16H17ClN4O7S/c1-5-20(29(26,27)13-9(2)18-19(3)14(13)17)15(22)10-6-7-11(16(23)28-4)12(8-10)21(24)25/h6-8H,5H2,1-4H3. The molecule has 0 unspecified atom stereocenters. The Hall–Kier alpha value is -2.99. The van der Waals surface area contributed by atoms with Gasteiger partial charge in [0.2, 0.25) is 0 Å². The summed E-state index contributed by atoms with van der Waals surface area (Å²) in [6.45, 7) is 2.58. The number of hydrogen-bond donors (Lipinski definition) is 0. The molecule has 0 saturated heterocycles. The molecular weight excluding hydrogens is 428 g/mol. The predicted molar refractivity (Wildman–Crippen MR) is 101 cm³/mol. The average molecular weight is 445 g/mol. The van der Waals surface area contributed by atoms with Crippen LogP contribution in [-0.2, 0) is 21.8 Å². The van der Waals surface area contributed by atoms with Crippen molar-refractivity contribution < 1.29 is 27.7 Å². The largest absolute Gasteiger partial charge is 0.465 e. The van der Waals surface area contributed by atoms with Gasteiger partial charge in [0, 0.05) is 25.2 Å². The number of amides is 1. The van der Waals surface area contributed by atoms with Crippen LogP contribution >= 0.6 is 11.6 Å². The molecule has 2 rings (SSSR count). The van der Waals surface area contributed by atoms with Crippen LogP contribution in [0.15, 0.2) is 23.1 Å². The summed E-state index contributed by atoms with van der Waals surface area (Å²) in [7, 11) is -1.90. The van der Waals surface area contributed by atoms with E-state index < -0.39 is 32.5 Å². The van der Waals surface area contributed by atoms with Crippen LogP contribution in [-0.4, -0.2) is 53.0 Å². The zero-order valence-electron chi connectivity index (χ0n) is 15.9. The van der Waals surface area contributed by atoms with Gasteiger partial charge in [-0.3, -0.25) is 19.6 Å². The number of esters is 1. The molecule has 13 heteroatoms. The van der Waals surface area contributed by atoms with E-state index >= 15 is 0 Å². The maximum atomic E-state index is 13.0. The molecule has 0 bridgehead atoms. The van der Waals surface area contributed by atoms with Gasteiger partial charge in [0.15, 0.2) is 0 Å². The van der Waals surface area contributed by atoms with Crippen LogP contribution in [0.1, 0.15) is 33.3 Å². The highest BCUT2D eigenvalue weighted by Crippen LogP contribution is 2.29. The zero-order valence-corrected chi connectivity index (χ0v) is 17.4. The van der Waals surface area contributed by atoms with E-state index in [1.165, 1.54) is 20.9 Å². The number of nitrogens with zero attached hydrogens (tertiary/aromatic N) is 4. The van der Waals surface area contributed by atoms with E-state index in [0.717, 1.165) is 30.0 Å². The third-order valence-electron chi connectivity index (χ3n) is 4.01. The lowest BCUT2D eigenvalue weighted by molar-refractivity contribution is -0.385. The van der Waals surface area contributed by atoms with Crippen LogP contribution in [0.4, 0.5) is 5.69 Å². The molecule has 11 nitrogen and oxygen atoms in total. The number of benzene rings is 1. The monoisotopic (exact) mass is 444 g/mol. The molecule has 0 aliphatic rings. The van der Waals surface area contributed by atoms with Crippen molar-refractivity contribution in [3.05, 3.63) is 50.3 Å². The lowest BCUT2D eigenvalue weighted by atomic mass is 10.1. The molecule has 0 aliphatic carbocycles. The van der Waals surface area contributed by atoms with Crippen LogP contribution in [0.2, 0.25) is 5.15 Å². The van der Waals surface area contributed by atoms with Gasteiger partial charge in [-0.25, -0.2) is 17.5 Å². The van der Waals surface area contributed by atoms with Crippen LogP contribution in [0.25, 0.3) is 0 Å². The fourth-order valence-corrected chi connectivity index (χ4v) is 4.79. The Balaban J connectivity index is 2.58. The SMILES string of the molecule is CCN(C(=O)c1ccc(C(=O)OC)c([N+](=O)[O-])c1)S(=O)(=O)c1c(C)nn(C)c1Cl. The first-order chi connectivity index (χ1) is 13.5. The topological polar surface area (TPSA) is 142 Å². The first-order valence-corrected chi connectivity index (χ1v) is 9.92. The summed E-state index contributed by atoms with van der Waals surface area (Å²) >= 11 is 6.03. The van der Waals surface area contributed by atoms with Crippen molar-refractivity contribution in [1.82, 2.24) is 14.1 Å². The summed E-state index contributed by atoms with van der Waals surface area (Å²) < 4.78 is 32.2. The first-order valence-electron chi connectivity index (χ1n) is 8.10. The third kappa shape index (κ3) is 3.93. The number of aromatic nitrogens is 2. The van der Waals surface area contributed by atoms with Crippen molar-refractivity contribution in [1.29, 1.82) is 0 Å². The molecule has 0 atom stereocenters. The minimum Gasteiger partial charge on any atom is -0.465 e. The second kappa shape index (κ2) is 8.17. The predicted octanol–water partition coefficient (Wildman–Crippen LogP) is 1.93. The van der Waals surface area contributed by atoms with Gasteiger partial charge in [-0.2, -0.15) is 5.10 Å². The highest BCUT2D eigenvalue weighted by atomic mass is 35.5. The van der Waals surface area contributed by atoms with Gasteiger partial charge < -0.3 is 4.74 Å². The number of nitro groups is 1. The lowest BCUT2D eigenvalue weighted by Gasteiger charge is -2.21. The summed E-state index contributed by atoms with van der Waals surface area (Å²) in [4.78, 5) is 34.7. The Morgan fingerprint density at radius 1 is 1.38 bits per heavy atom. The molecule has 1 heterocycles. The number of rotatable bonds is 6. The Kier molecular flexibility index (Phi) is 6.28. The van der Waals surface area contributed by atoms with E-state index in [9.17, 15) is 28.1 Å². The number of carbonyl (C=O) groups is 2. The molecule has 0 radical (unpaired) electrons. The second-order valence-electron chi connectivity index (χ2n) is 5.78. The molecule has 0 N–H and O–H groups in total. The molecule has 1 aromatic heterocycles. The fourth-order valence-electron chi connectivity index (χ4n) is 2.68. The Bertz CT molecular complexity index is 1110. The van der Waals surface area contributed by atoms with E-state index in [-0.39, 0.29) is 33.4 Å². The number of aryl methyl sites for hydroxylation is 2. The number of methoxy groups -OCH3 is 1. The molecule has 156 valence electrons. The summed E-state index contributed by atoms with van der Waals surface area (Å²) in [5.74, 6) is -1.99. The van der Waals surface area contributed by atoms with Crippen LogP contribution < -0.4 is 0 Å². The van der Waals surface area contributed by atoms with Gasteiger partial charge in [-0.05, 0) is 26.0 Å². The Morgan fingerprint density at radius 3 is 2.45 bits per heavy atom. The second-order valence-corrected chi connectivity index (χ2v) is 7.94. The van der Waals surface area contributed by atoms with Crippen molar-refractivity contribution in [3.8, 4) is 0 Å². The van der Waals surface area contributed by atoms with Crippen molar-refractivity contribution >= 4 is 39.2 Å². The van der Waals surface area contributed by atoms with Gasteiger partial charge >= 0.3 is 5.97 Å². The maximum Gasteiger partial charge on any atom is 0.344 e. The Labute approximate surface area is 171 Å². The van der Waals surface area contributed by atoms with Crippen LogP contribution in [0, 0.1) is 17.0 Å². The lowest BCUT2D eigenvalue weighted by Crippen LogP contribution is -2.37. The van der Waals surface area contributed by atoms with E-state index in [4.69, 9.17) is 11.6 Å². The number of halogens is 1. The summed E-state index contributed by atoms with van der Waals surface area (Å²) in [6.07, 6.45) is 0. The van der Waals surface area contributed by atoms with Gasteiger partial charge in [0.05, 0.1) is 17.7 Å². The summed E-state index contributed by atoms with van der Waals surface area (Å²) in [5, 5.41) is 15.0. The van der Waals surface area contributed by atoms with E-state index in [1.54, 1.807) is 0 Å². The molecule has 1 aromatic carbocycles. The fraction of sp³-hybridized carbons (Fsp3) is 0.312. The van der Waals surface area contributed by atoms with Crippen molar-refractivity contribution in [2.45, 2.75) is 18.7 Å². The molecule has 0 aliphatic heterocycles. The highest BCUT2D eigenvalue weighted by molar-refractivity contribution is 7.89. The molecular formula is C16H17ClN4O7S. The van der Waals surface area contributed by atoms with Crippen molar-refractivity contribution in [2.24, 2.45) is 7.05 Å². The highest BCUT2D eigenvalue weighted by Gasteiger charge is 2.35. The van der Waals surface area contributed by atoms with Crippen LogP contribution in [0.5, 0.6) is 0 Å². The average Bonchev–Trinajstić information content (AvgIpc) is 2.92. The number of hydrogen-bond acceptors (Lipinski definition) is 8. The Morgan fingerprint density at radius 2 is 2.00 bits per heavy atom. The minimum absolute atomic E-state index is 0.0933. The van der Waals surface area contributed by atoms with Gasteiger partial charge in [0.1, 0.15) is 15.6 Å². The molecule has 0 fully saturated rings. The third-order valence-corrected chi connectivity index (χ3v) is 6.56. The molecule has 29 heavy (non-hydrogen) atoms. The maximum absolute atomic E-state index is 13.0. The smallest absolute Gasteiger partial charge is 0.344 e. The molecule has 2 aromatic rings. The zero-order chi connectivity index (χ0) is 22.1. The van der Waals surface area contributed by atoms with E-state index in [0.29, 0.717) is 4.31 Å².